The van der Waals surface area contributed by atoms with Crippen molar-refractivity contribution in [1.29, 1.82) is 0 Å². The molecule has 0 N–H and O–H groups in total. The van der Waals surface area contributed by atoms with Crippen LogP contribution in [0.25, 0.3) is 105 Å². The largest absolute Gasteiger partial charge is 0.292 e. The third kappa shape index (κ3) is 5.95. The van der Waals surface area contributed by atoms with Gasteiger partial charge in [0.1, 0.15) is 5.82 Å². The molecule has 0 saturated carbocycles. The van der Waals surface area contributed by atoms with Crippen molar-refractivity contribution in [2.24, 2.45) is 0 Å². The zero-order valence-corrected chi connectivity index (χ0v) is 32.0. The Morgan fingerprint density at radius 3 is 1.57 bits per heavy atom. The van der Waals surface area contributed by atoms with Gasteiger partial charge in [0.2, 0.25) is 0 Å². The lowest BCUT2D eigenvalue weighted by Crippen LogP contribution is -2.01. The number of aromatic nitrogens is 5. The van der Waals surface area contributed by atoms with Crippen molar-refractivity contribution in [1.82, 2.24) is 24.5 Å². The van der Waals surface area contributed by atoms with E-state index in [-0.39, 0.29) is 0 Å². The number of hydrogen-bond acceptors (Lipinski definition) is 5. The number of para-hydroxylation sites is 3. The van der Waals surface area contributed by atoms with E-state index < -0.39 is 0 Å². The van der Waals surface area contributed by atoms with Gasteiger partial charge in [-0.25, -0.2) is 19.9 Å². The number of benzene rings is 8. The van der Waals surface area contributed by atoms with E-state index in [1.807, 2.05) is 18.2 Å². The van der Waals surface area contributed by atoms with Crippen molar-refractivity contribution in [2.45, 2.75) is 0 Å². The van der Waals surface area contributed by atoms with E-state index in [1.54, 1.807) is 11.3 Å². The van der Waals surface area contributed by atoms with Crippen molar-refractivity contribution in [3.8, 4) is 73.5 Å². The summed E-state index contributed by atoms with van der Waals surface area (Å²) in [6, 6.07) is 69.6. The lowest BCUT2D eigenvalue weighted by atomic mass is 10.0. The number of hydrogen-bond donors (Lipinski definition) is 0. The number of nitrogens with zero attached hydrogens (tertiary/aromatic N) is 5. The third-order valence-corrected chi connectivity index (χ3v) is 11.8. The molecule has 272 valence electrons. The van der Waals surface area contributed by atoms with Crippen molar-refractivity contribution < 1.29 is 0 Å². The van der Waals surface area contributed by atoms with Gasteiger partial charge in [0.05, 0.1) is 11.0 Å². The van der Waals surface area contributed by atoms with Crippen LogP contribution in [-0.2, 0) is 0 Å². The summed E-state index contributed by atoms with van der Waals surface area (Å²) in [7, 11) is 0. The first-order chi connectivity index (χ1) is 28.7. The van der Waals surface area contributed by atoms with Crippen LogP contribution in [0.1, 0.15) is 0 Å². The molecule has 3 aromatic heterocycles. The Morgan fingerprint density at radius 1 is 0.345 bits per heavy atom. The van der Waals surface area contributed by atoms with Crippen LogP contribution in [0.2, 0.25) is 0 Å². The molecule has 0 atom stereocenters. The molecule has 0 amide bonds. The molecular weight excluding hydrogens is 727 g/mol. The summed E-state index contributed by atoms with van der Waals surface area (Å²) >= 11 is 1.78. The highest BCUT2D eigenvalue weighted by molar-refractivity contribution is 7.26. The van der Waals surface area contributed by atoms with Gasteiger partial charge in [-0.1, -0.05) is 158 Å². The Hall–Kier alpha value is -7.54. The Morgan fingerprint density at radius 2 is 0.845 bits per heavy atom. The van der Waals surface area contributed by atoms with Crippen LogP contribution >= 0.6 is 11.3 Å². The highest BCUT2D eigenvalue weighted by Gasteiger charge is 2.22. The lowest BCUT2D eigenvalue weighted by molar-refractivity contribution is 1.08. The first-order valence-corrected chi connectivity index (χ1v) is 20.1. The van der Waals surface area contributed by atoms with Crippen molar-refractivity contribution >= 4 is 42.5 Å². The second kappa shape index (κ2) is 14.2. The molecule has 0 spiro atoms. The number of rotatable bonds is 7. The maximum atomic E-state index is 5.30. The molecule has 6 heteroatoms. The van der Waals surface area contributed by atoms with Crippen molar-refractivity contribution in [3.05, 3.63) is 200 Å². The van der Waals surface area contributed by atoms with Crippen LogP contribution in [-0.4, -0.2) is 24.5 Å². The predicted molar refractivity (Wildman–Crippen MR) is 240 cm³/mol. The fourth-order valence-electron chi connectivity index (χ4n) is 7.95. The fraction of sp³-hybridized carbons (Fsp3) is 0. The normalized spacial score (nSPS) is 11.4. The van der Waals surface area contributed by atoms with Crippen LogP contribution in [0.4, 0.5) is 0 Å². The summed E-state index contributed by atoms with van der Waals surface area (Å²) < 4.78 is 4.60. The average molecular weight is 760 g/mol. The molecule has 11 rings (SSSR count). The third-order valence-electron chi connectivity index (χ3n) is 10.7. The Balaban J connectivity index is 1.14. The van der Waals surface area contributed by atoms with Crippen LogP contribution in [0.5, 0.6) is 0 Å². The van der Waals surface area contributed by atoms with Crippen LogP contribution in [0.3, 0.4) is 0 Å². The van der Waals surface area contributed by atoms with Gasteiger partial charge in [-0.15, -0.1) is 11.3 Å². The maximum absolute atomic E-state index is 5.30. The fourth-order valence-corrected chi connectivity index (χ4v) is 9.11. The number of fused-ring (bicyclic) bond motifs is 4. The van der Waals surface area contributed by atoms with E-state index in [0.717, 1.165) is 82.5 Å². The van der Waals surface area contributed by atoms with Crippen LogP contribution < -0.4 is 0 Å². The van der Waals surface area contributed by atoms with Crippen LogP contribution in [0, 0.1) is 0 Å². The molecule has 3 heterocycles. The lowest BCUT2D eigenvalue weighted by Gasteiger charge is -2.13. The summed E-state index contributed by atoms with van der Waals surface area (Å²) in [6.07, 6.45) is 0. The molecule has 0 radical (unpaired) electrons. The van der Waals surface area contributed by atoms with Gasteiger partial charge in [0.15, 0.2) is 17.5 Å². The summed E-state index contributed by atoms with van der Waals surface area (Å²) in [6.45, 7) is 0. The molecule has 0 aliphatic carbocycles. The standard InChI is InChI=1S/C52H33N5S/c1-4-15-34(16-5-1)36-29-31-37(32-30-36)49-54-50(39-20-12-19-38(33-39)35-17-6-2-7-18-35)56-51(55-49)41-23-13-27-45-47(41)48-42(24-14-28-46(48)58-45)52-53-43-25-10-11-26-44(43)57(52)40-21-8-3-9-22-40/h1-33H. The monoisotopic (exact) mass is 759 g/mol. The van der Waals surface area contributed by atoms with E-state index in [4.69, 9.17) is 19.9 Å². The van der Waals surface area contributed by atoms with Gasteiger partial charge >= 0.3 is 0 Å². The predicted octanol–water partition coefficient (Wildman–Crippen LogP) is 13.6. The Kier molecular flexibility index (Phi) is 8.26. The second-order valence-electron chi connectivity index (χ2n) is 14.3. The molecule has 11 aromatic rings. The minimum atomic E-state index is 0.618. The summed E-state index contributed by atoms with van der Waals surface area (Å²) in [5, 5.41) is 2.23. The van der Waals surface area contributed by atoms with E-state index in [9.17, 15) is 0 Å². The van der Waals surface area contributed by atoms with Gasteiger partial charge < -0.3 is 0 Å². The van der Waals surface area contributed by atoms with Gasteiger partial charge in [-0.05, 0) is 64.7 Å². The molecule has 0 aliphatic heterocycles. The SMILES string of the molecule is c1ccc(-c2ccc(-c3nc(-c4cccc(-c5ccccc5)c4)nc(-c4cccc5sc6cccc(-c7nc8ccccc8n7-c7ccccc7)c6c45)n3)cc2)cc1. The molecule has 5 nitrogen and oxygen atoms in total. The minimum absolute atomic E-state index is 0.618. The minimum Gasteiger partial charge on any atom is -0.292 e. The highest BCUT2D eigenvalue weighted by Crippen LogP contribution is 2.45. The number of imidazole rings is 1. The molecule has 0 saturated heterocycles. The molecule has 8 aromatic carbocycles. The van der Waals surface area contributed by atoms with Gasteiger partial charge in [-0.2, -0.15) is 0 Å². The second-order valence-corrected chi connectivity index (χ2v) is 15.3. The van der Waals surface area contributed by atoms with E-state index in [0.29, 0.717) is 17.5 Å². The zero-order valence-electron chi connectivity index (χ0n) is 31.2. The summed E-state index contributed by atoms with van der Waals surface area (Å²) in [4.78, 5) is 21.0. The Bertz CT molecular complexity index is 3260. The maximum Gasteiger partial charge on any atom is 0.164 e. The smallest absolute Gasteiger partial charge is 0.164 e. The van der Waals surface area contributed by atoms with Gasteiger partial charge in [0, 0.05) is 48.1 Å². The Labute approximate surface area is 339 Å². The van der Waals surface area contributed by atoms with E-state index in [1.165, 1.54) is 4.70 Å². The molecule has 58 heavy (non-hydrogen) atoms. The van der Waals surface area contributed by atoms with Crippen molar-refractivity contribution in [2.75, 3.05) is 0 Å². The summed E-state index contributed by atoms with van der Waals surface area (Å²) in [5.41, 5.74) is 11.4. The molecule has 0 aliphatic rings. The van der Waals surface area contributed by atoms with Crippen molar-refractivity contribution in [3.63, 3.8) is 0 Å². The number of thiophene rings is 1. The van der Waals surface area contributed by atoms with Gasteiger partial charge in [-0.3, -0.25) is 4.57 Å². The van der Waals surface area contributed by atoms with E-state index in [2.05, 4.69) is 187 Å². The van der Waals surface area contributed by atoms with Crippen LogP contribution in [0.15, 0.2) is 200 Å². The first kappa shape index (κ1) is 33.8. The van der Waals surface area contributed by atoms with Gasteiger partial charge in [0.25, 0.3) is 0 Å². The topological polar surface area (TPSA) is 56.5 Å². The molecule has 0 fully saturated rings. The quantitative estimate of drug-likeness (QED) is 0.162. The first-order valence-electron chi connectivity index (χ1n) is 19.3. The molecule has 0 bridgehead atoms. The summed E-state index contributed by atoms with van der Waals surface area (Å²) in [5.74, 6) is 2.74. The molecule has 0 unspecified atom stereocenters. The zero-order chi connectivity index (χ0) is 38.4. The molecular formula is C52H33N5S. The van der Waals surface area contributed by atoms with E-state index >= 15 is 0 Å². The highest BCUT2D eigenvalue weighted by atomic mass is 32.1. The average Bonchev–Trinajstić information content (AvgIpc) is 3.89.